The molecule has 4 heteroatoms. The Hall–Kier alpha value is -2.23. The lowest BCUT2D eigenvalue weighted by molar-refractivity contribution is 1.09. The van der Waals surface area contributed by atoms with Gasteiger partial charge in [-0.05, 0) is 19.1 Å². The number of H-pyrrole nitrogens is 1. The molecule has 0 unspecified atom stereocenters. The van der Waals surface area contributed by atoms with Crippen molar-refractivity contribution >= 4 is 11.0 Å². The van der Waals surface area contributed by atoms with Crippen molar-refractivity contribution < 1.29 is 0 Å². The SMILES string of the molecule is Cc1nc2ccccc2nc1-c1cn[nH]c1. The van der Waals surface area contributed by atoms with E-state index >= 15 is 0 Å². The third kappa shape index (κ3) is 1.35. The Labute approximate surface area is 92.4 Å². The Kier molecular flexibility index (Phi) is 1.93. The molecular formula is C12H10N4. The lowest BCUT2D eigenvalue weighted by atomic mass is 10.2. The zero-order valence-corrected chi connectivity index (χ0v) is 8.81. The minimum absolute atomic E-state index is 0.882. The third-order valence-corrected chi connectivity index (χ3v) is 2.52. The predicted molar refractivity (Wildman–Crippen MR) is 61.9 cm³/mol. The van der Waals surface area contributed by atoms with Crippen LogP contribution in [0.4, 0.5) is 0 Å². The summed E-state index contributed by atoms with van der Waals surface area (Å²) in [5.41, 5.74) is 4.60. The van der Waals surface area contributed by atoms with E-state index in [0.29, 0.717) is 0 Å². The minimum atomic E-state index is 0.882. The molecule has 2 heterocycles. The molecule has 0 saturated carbocycles. The van der Waals surface area contributed by atoms with Crippen molar-refractivity contribution in [3.05, 3.63) is 42.4 Å². The quantitative estimate of drug-likeness (QED) is 0.670. The van der Waals surface area contributed by atoms with Crippen molar-refractivity contribution in [2.24, 2.45) is 0 Å². The van der Waals surface area contributed by atoms with Gasteiger partial charge in [0.1, 0.15) is 0 Å². The Morgan fingerprint density at radius 2 is 1.81 bits per heavy atom. The molecule has 3 rings (SSSR count). The fraction of sp³-hybridized carbons (Fsp3) is 0.0833. The van der Waals surface area contributed by atoms with Crippen molar-refractivity contribution in [2.75, 3.05) is 0 Å². The lowest BCUT2D eigenvalue weighted by Crippen LogP contribution is -1.93. The van der Waals surface area contributed by atoms with E-state index in [0.717, 1.165) is 28.0 Å². The molecule has 0 bridgehead atoms. The summed E-state index contributed by atoms with van der Waals surface area (Å²) in [7, 11) is 0. The number of nitrogens with zero attached hydrogens (tertiary/aromatic N) is 3. The maximum atomic E-state index is 4.59. The zero-order valence-electron chi connectivity index (χ0n) is 8.81. The van der Waals surface area contributed by atoms with Crippen LogP contribution in [0.2, 0.25) is 0 Å². The number of rotatable bonds is 1. The first kappa shape index (κ1) is 9.03. The molecule has 0 radical (unpaired) electrons. The molecule has 2 aromatic heterocycles. The van der Waals surface area contributed by atoms with Gasteiger partial charge in [-0.2, -0.15) is 5.10 Å². The summed E-state index contributed by atoms with van der Waals surface area (Å²) >= 11 is 0. The third-order valence-electron chi connectivity index (χ3n) is 2.52. The van der Waals surface area contributed by atoms with Crippen molar-refractivity contribution in [1.29, 1.82) is 0 Å². The minimum Gasteiger partial charge on any atom is -0.285 e. The van der Waals surface area contributed by atoms with Crippen LogP contribution in [0.15, 0.2) is 36.7 Å². The number of aryl methyl sites for hydroxylation is 1. The van der Waals surface area contributed by atoms with Crippen LogP contribution in [0.25, 0.3) is 22.3 Å². The number of hydrogen-bond donors (Lipinski definition) is 1. The zero-order chi connectivity index (χ0) is 11.0. The molecule has 0 fully saturated rings. The van der Waals surface area contributed by atoms with E-state index in [9.17, 15) is 0 Å². The van der Waals surface area contributed by atoms with Crippen molar-refractivity contribution in [3.63, 3.8) is 0 Å². The molecule has 4 nitrogen and oxygen atoms in total. The molecule has 0 aliphatic heterocycles. The number of fused-ring (bicyclic) bond motifs is 1. The van der Waals surface area contributed by atoms with Crippen molar-refractivity contribution in [1.82, 2.24) is 20.2 Å². The fourth-order valence-corrected chi connectivity index (χ4v) is 1.74. The van der Waals surface area contributed by atoms with Crippen LogP contribution in [-0.4, -0.2) is 20.2 Å². The number of hydrogen-bond acceptors (Lipinski definition) is 3. The summed E-state index contributed by atoms with van der Waals surface area (Å²) in [6.45, 7) is 1.96. The normalized spacial score (nSPS) is 10.8. The molecule has 0 saturated heterocycles. The van der Waals surface area contributed by atoms with Gasteiger partial charge in [0, 0.05) is 11.8 Å². The van der Waals surface area contributed by atoms with E-state index in [4.69, 9.17) is 0 Å². The Balaban J connectivity index is 2.30. The van der Waals surface area contributed by atoms with Gasteiger partial charge in [0.2, 0.25) is 0 Å². The van der Waals surface area contributed by atoms with E-state index in [-0.39, 0.29) is 0 Å². The van der Waals surface area contributed by atoms with Gasteiger partial charge < -0.3 is 0 Å². The van der Waals surface area contributed by atoms with Crippen LogP contribution >= 0.6 is 0 Å². The summed E-state index contributed by atoms with van der Waals surface area (Å²) in [4.78, 5) is 9.12. The molecule has 3 aromatic rings. The van der Waals surface area contributed by atoms with Gasteiger partial charge >= 0.3 is 0 Å². The molecule has 0 aliphatic carbocycles. The first-order valence-corrected chi connectivity index (χ1v) is 5.07. The molecule has 0 aliphatic rings. The van der Waals surface area contributed by atoms with E-state index in [1.807, 2.05) is 37.4 Å². The van der Waals surface area contributed by atoms with E-state index < -0.39 is 0 Å². The average Bonchev–Trinajstić information content (AvgIpc) is 2.81. The maximum Gasteiger partial charge on any atom is 0.0953 e. The summed E-state index contributed by atoms with van der Waals surface area (Å²) in [5.74, 6) is 0. The standard InChI is InChI=1S/C12H10N4/c1-8-12(9-6-13-14-7-9)16-11-5-3-2-4-10(11)15-8/h2-7H,1H3,(H,13,14). The topological polar surface area (TPSA) is 54.5 Å². The van der Waals surface area contributed by atoms with Crippen LogP contribution in [0.3, 0.4) is 0 Å². The highest BCUT2D eigenvalue weighted by Gasteiger charge is 2.07. The molecular weight excluding hydrogens is 200 g/mol. The number of nitrogens with one attached hydrogen (secondary N) is 1. The number of benzene rings is 1. The molecule has 78 valence electrons. The number of aromatic amines is 1. The van der Waals surface area contributed by atoms with Crippen LogP contribution in [0, 0.1) is 6.92 Å². The van der Waals surface area contributed by atoms with Crippen molar-refractivity contribution in [3.8, 4) is 11.3 Å². The second kappa shape index (κ2) is 3.41. The monoisotopic (exact) mass is 210 g/mol. The summed E-state index contributed by atoms with van der Waals surface area (Å²) in [6.07, 6.45) is 3.58. The Morgan fingerprint density at radius 3 is 2.50 bits per heavy atom. The molecule has 0 spiro atoms. The first-order chi connectivity index (χ1) is 7.84. The van der Waals surface area contributed by atoms with Crippen LogP contribution in [0.1, 0.15) is 5.69 Å². The first-order valence-electron chi connectivity index (χ1n) is 5.07. The highest BCUT2D eigenvalue weighted by atomic mass is 15.1. The second-order valence-corrected chi connectivity index (χ2v) is 3.63. The lowest BCUT2D eigenvalue weighted by Gasteiger charge is -2.03. The van der Waals surface area contributed by atoms with E-state index in [2.05, 4.69) is 20.2 Å². The average molecular weight is 210 g/mol. The van der Waals surface area contributed by atoms with Gasteiger partial charge in [-0.15, -0.1) is 0 Å². The smallest absolute Gasteiger partial charge is 0.0953 e. The van der Waals surface area contributed by atoms with E-state index in [1.54, 1.807) is 6.20 Å². The fourth-order valence-electron chi connectivity index (χ4n) is 1.74. The molecule has 16 heavy (non-hydrogen) atoms. The number of para-hydroxylation sites is 2. The van der Waals surface area contributed by atoms with Crippen LogP contribution < -0.4 is 0 Å². The van der Waals surface area contributed by atoms with E-state index in [1.165, 1.54) is 0 Å². The summed E-state index contributed by atoms with van der Waals surface area (Å²) in [5, 5.41) is 6.71. The predicted octanol–water partition coefficient (Wildman–Crippen LogP) is 2.33. The maximum absolute atomic E-state index is 4.59. The van der Waals surface area contributed by atoms with Gasteiger partial charge in [-0.25, -0.2) is 9.97 Å². The highest BCUT2D eigenvalue weighted by Crippen LogP contribution is 2.21. The second-order valence-electron chi connectivity index (χ2n) is 3.63. The Morgan fingerprint density at radius 1 is 1.06 bits per heavy atom. The Bertz CT molecular complexity index is 629. The van der Waals surface area contributed by atoms with Gasteiger partial charge in [-0.1, -0.05) is 12.1 Å². The van der Waals surface area contributed by atoms with Gasteiger partial charge in [0.25, 0.3) is 0 Å². The van der Waals surface area contributed by atoms with Crippen molar-refractivity contribution in [2.45, 2.75) is 6.92 Å². The van der Waals surface area contributed by atoms with Gasteiger partial charge in [0.05, 0.1) is 28.6 Å². The molecule has 1 aromatic carbocycles. The van der Waals surface area contributed by atoms with Gasteiger partial charge in [-0.3, -0.25) is 5.10 Å². The molecule has 0 amide bonds. The van der Waals surface area contributed by atoms with Crippen LogP contribution in [-0.2, 0) is 0 Å². The van der Waals surface area contributed by atoms with Gasteiger partial charge in [0.15, 0.2) is 0 Å². The highest BCUT2D eigenvalue weighted by molar-refractivity contribution is 5.77. The number of aromatic nitrogens is 4. The summed E-state index contributed by atoms with van der Waals surface area (Å²) in [6, 6.07) is 7.86. The van der Waals surface area contributed by atoms with Crippen LogP contribution in [0.5, 0.6) is 0 Å². The molecule has 1 N–H and O–H groups in total. The molecule has 0 atom stereocenters. The largest absolute Gasteiger partial charge is 0.285 e. The summed E-state index contributed by atoms with van der Waals surface area (Å²) < 4.78 is 0.